The molecule has 180 valence electrons. The maximum atomic E-state index is 12.6. The summed E-state index contributed by atoms with van der Waals surface area (Å²) < 4.78 is 42.7. The second kappa shape index (κ2) is 11.0. The van der Waals surface area contributed by atoms with E-state index in [1.165, 1.54) is 12.1 Å². The van der Waals surface area contributed by atoms with E-state index >= 15 is 0 Å². The fourth-order valence-electron chi connectivity index (χ4n) is 3.44. The summed E-state index contributed by atoms with van der Waals surface area (Å²) in [7, 11) is 3.93. The number of carbonyl (C=O) groups excluding carboxylic acids is 1. The van der Waals surface area contributed by atoms with Gasteiger partial charge >= 0.3 is 12.3 Å². The van der Waals surface area contributed by atoms with E-state index in [9.17, 15) is 18.0 Å². The molecule has 0 atom stereocenters. The van der Waals surface area contributed by atoms with Crippen molar-refractivity contribution >= 4 is 23.2 Å². The summed E-state index contributed by atoms with van der Waals surface area (Å²) in [5.74, 6) is 0. The molecule has 34 heavy (non-hydrogen) atoms. The molecule has 3 rings (SSSR count). The van der Waals surface area contributed by atoms with Crippen molar-refractivity contribution in [3.63, 3.8) is 0 Å². The summed E-state index contributed by atoms with van der Waals surface area (Å²) in [4.78, 5) is 14.0. The molecule has 0 saturated heterocycles. The monoisotopic (exact) mass is 471 g/mol. The smallest absolute Gasteiger partial charge is 0.411 e. The first-order valence-electron chi connectivity index (χ1n) is 10.9. The Morgan fingerprint density at radius 1 is 0.941 bits per heavy atom. The van der Waals surface area contributed by atoms with Crippen molar-refractivity contribution in [1.29, 1.82) is 0 Å². The summed E-state index contributed by atoms with van der Waals surface area (Å²) in [5, 5.41) is 6.02. The molecule has 0 aliphatic carbocycles. The average Bonchev–Trinajstić information content (AvgIpc) is 2.78. The number of benzene rings is 3. The molecule has 0 saturated carbocycles. The van der Waals surface area contributed by atoms with E-state index in [-0.39, 0.29) is 12.2 Å². The van der Waals surface area contributed by atoms with Gasteiger partial charge in [-0.3, -0.25) is 5.32 Å². The highest BCUT2D eigenvalue weighted by Gasteiger charge is 2.27. The Hall–Kier alpha value is -3.68. The standard InChI is InChI=1S/C26H28F3N3O2/c1-4-34-25(33)31-24-14-7-19(15-23(24)20-8-12-22(13-9-20)32(2)3)17-30-21-10-5-18(6-11-21)16-26(27,28)29/h5-15,30H,4,16-17H2,1-3H3,(H,31,33). The minimum atomic E-state index is -4.23. The fourth-order valence-corrected chi connectivity index (χ4v) is 3.44. The number of nitrogens with one attached hydrogen (secondary N) is 2. The molecule has 2 N–H and O–H groups in total. The Morgan fingerprint density at radius 2 is 1.59 bits per heavy atom. The van der Waals surface area contributed by atoms with Crippen LogP contribution in [0, 0.1) is 0 Å². The third-order valence-corrected chi connectivity index (χ3v) is 5.15. The fraction of sp³-hybridized carbons (Fsp3) is 0.269. The number of ether oxygens (including phenoxy) is 1. The van der Waals surface area contributed by atoms with Crippen LogP contribution in [0.4, 0.5) is 35.0 Å². The van der Waals surface area contributed by atoms with Gasteiger partial charge in [0.2, 0.25) is 0 Å². The Labute approximate surface area is 197 Å². The molecule has 3 aromatic rings. The molecule has 0 aliphatic heterocycles. The summed E-state index contributed by atoms with van der Waals surface area (Å²) >= 11 is 0. The lowest BCUT2D eigenvalue weighted by molar-refractivity contribution is -0.127. The highest BCUT2D eigenvalue weighted by atomic mass is 19.4. The molecule has 5 nitrogen and oxygen atoms in total. The molecule has 0 unspecified atom stereocenters. The molecule has 0 spiro atoms. The number of carbonyl (C=O) groups is 1. The van der Waals surface area contributed by atoms with Gasteiger partial charge < -0.3 is 15.0 Å². The second-order valence-electron chi connectivity index (χ2n) is 8.01. The first kappa shape index (κ1) is 25.0. The van der Waals surface area contributed by atoms with E-state index in [0.717, 1.165) is 28.1 Å². The van der Waals surface area contributed by atoms with Crippen LogP contribution in [0.15, 0.2) is 66.7 Å². The van der Waals surface area contributed by atoms with Gasteiger partial charge in [-0.2, -0.15) is 13.2 Å². The molecule has 1 amide bonds. The van der Waals surface area contributed by atoms with Gasteiger partial charge in [0.15, 0.2) is 0 Å². The maximum absolute atomic E-state index is 12.6. The third kappa shape index (κ3) is 7.16. The minimum absolute atomic E-state index is 0.218. The molecule has 0 aromatic heterocycles. The molecule has 8 heteroatoms. The Balaban J connectivity index is 1.80. The zero-order chi connectivity index (χ0) is 24.7. The van der Waals surface area contributed by atoms with Gasteiger partial charge in [0.05, 0.1) is 18.7 Å². The molecular weight excluding hydrogens is 443 g/mol. The first-order valence-corrected chi connectivity index (χ1v) is 10.9. The predicted molar refractivity (Wildman–Crippen MR) is 130 cm³/mol. The number of anilines is 3. The zero-order valence-electron chi connectivity index (χ0n) is 19.4. The second-order valence-corrected chi connectivity index (χ2v) is 8.01. The van der Waals surface area contributed by atoms with E-state index in [0.29, 0.717) is 12.2 Å². The summed E-state index contributed by atoms with van der Waals surface area (Å²) in [6.07, 6.45) is -5.70. The van der Waals surface area contributed by atoms with E-state index in [2.05, 4.69) is 10.6 Å². The van der Waals surface area contributed by atoms with E-state index < -0.39 is 18.7 Å². The topological polar surface area (TPSA) is 53.6 Å². The van der Waals surface area contributed by atoms with Crippen molar-refractivity contribution in [2.45, 2.75) is 26.1 Å². The third-order valence-electron chi connectivity index (χ3n) is 5.15. The van der Waals surface area contributed by atoms with Gasteiger partial charge in [-0.25, -0.2) is 4.79 Å². The molecule has 3 aromatic carbocycles. The largest absolute Gasteiger partial charge is 0.450 e. The van der Waals surface area contributed by atoms with Crippen LogP contribution < -0.4 is 15.5 Å². The molecule has 0 fully saturated rings. The number of nitrogens with zero attached hydrogens (tertiary/aromatic N) is 1. The van der Waals surface area contributed by atoms with Crippen LogP contribution in [0.25, 0.3) is 11.1 Å². The van der Waals surface area contributed by atoms with Crippen molar-refractivity contribution in [2.24, 2.45) is 0 Å². The van der Waals surface area contributed by atoms with Crippen molar-refractivity contribution in [3.05, 3.63) is 77.9 Å². The van der Waals surface area contributed by atoms with Crippen molar-refractivity contribution in [1.82, 2.24) is 0 Å². The highest BCUT2D eigenvalue weighted by molar-refractivity contribution is 5.92. The van der Waals surface area contributed by atoms with Crippen LogP contribution in [-0.4, -0.2) is 33.0 Å². The van der Waals surface area contributed by atoms with Gasteiger partial charge in [0, 0.05) is 37.6 Å². The van der Waals surface area contributed by atoms with Gasteiger partial charge in [-0.15, -0.1) is 0 Å². The summed E-state index contributed by atoms with van der Waals surface area (Å²) in [6, 6.07) is 19.8. The quantitative estimate of drug-likeness (QED) is 0.384. The van der Waals surface area contributed by atoms with Gasteiger partial charge in [-0.1, -0.05) is 30.3 Å². The lowest BCUT2D eigenvalue weighted by Crippen LogP contribution is -2.14. The lowest BCUT2D eigenvalue weighted by Gasteiger charge is -2.16. The van der Waals surface area contributed by atoms with Crippen molar-refractivity contribution in [3.8, 4) is 11.1 Å². The molecule has 0 bridgehead atoms. The Morgan fingerprint density at radius 3 is 2.18 bits per heavy atom. The summed E-state index contributed by atoms with van der Waals surface area (Å²) in [6.45, 7) is 2.47. The number of hydrogen-bond acceptors (Lipinski definition) is 4. The van der Waals surface area contributed by atoms with Gasteiger partial charge in [0.25, 0.3) is 0 Å². The molecule has 0 aliphatic rings. The van der Waals surface area contributed by atoms with Crippen LogP contribution >= 0.6 is 0 Å². The van der Waals surface area contributed by atoms with Crippen LogP contribution in [0.5, 0.6) is 0 Å². The number of amides is 1. The number of alkyl halides is 3. The van der Waals surface area contributed by atoms with Crippen LogP contribution in [0.2, 0.25) is 0 Å². The Kier molecular flexibility index (Phi) is 8.04. The highest BCUT2D eigenvalue weighted by Crippen LogP contribution is 2.31. The van der Waals surface area contributed by atoms with Crippen LogP contribution in [0.3, 0.4) is 0 Å². The number of halogens is 3. The van der Waals surface area contributed by atoms with Crippen molar-refractivity contribution < 1.29 is 22.7 Å². The van der Waals surface area contributed by atoms with Crippen molar-refractivity contribution in [2.75, 3.05) is 36.2 Å². The average molecular weight is 472 g/mol. The van der Waals surface area contributed by atoms with Gasteiger partial charge in [0.1, 0.15) is 0 Å². The number of rotatable bonds is 8. The molecule has 0 radical (unpaired) electrons. The predicted octanol–water partition coefficient (Wildman–Crippen LogP) is 6.70. The van der Waals surface area contributed by atoms with Crippen LogP contribution in [0.1, 0.15) is 18.1 Å². The Bertz CT molecular complexity index is 1100. The van der Waals surface area contributed by atoms with E-state index in [1.54, 1.807) is 19.1 Å². The minimum Gasteiger partial charge on any atom is -0.450 e. The molecular formula is C26H28F3N3O2. The van der Waals surface area contributed by atoms with E-state index in [1.807, 2.05) is 61.5 Å². The zero-order valence-corrected chi connectivity index (χ0v) is 19.4. The maximum Gasteiger partial charge on any atom is 0.411 e. The van der Waals surface area contributed by atoms with E-state index in [4.69, 9.17) is 4.74 Å². The van der Waals surface area contributed by atoms with Gasteiger partial charge in [-0.05, 0) is 60.0 Å². The number of hydrogen-bond donors (Lipinski definition) is 2. The normalized spacial score (nSPS) is 11.1. The lowest BCUT2D eigenvalue weighted by atomic mass is 10.00. The summed E-state index contributed by atoms with van der Waals surface area (Å²) in [5.41, 5.74) is 5.31. The molecule has 0 heterocycles. The van der Waals surface area contributed by atoms with Crippen LogP contribution in [-0.2, 0) is 17.7 Å². The SMILES string of the molecule is CCOC(=O)Nc1ccc(CNc2ccc(CC(F)(F)F)cc2)cc1-c1ccc(N(C)C)cc1. The first-order chi connectivity index (χ1) is 16.1.